The van der Waals surface area contributed by atoms with Crippen molar-refractivity contribution in [2.24, 2.45) is 0 Å². The first-order chi connectivity index (χ1) is 43.7. The van der Waals surface area contributed by atoms with Crippen LogP contribution in [-0.4, -0.2) is 100 Å². The van der Waals surface area contributed by atoms with Gasteiger partial charge in [-0.2, -0.15) is 0 Å². The van der Waals surface area contributed by atoms with E-state index in [9.17, 15) is 35.1 Å². The summed E-state index contributed by atoms with van der Waals surface area (Å²) in [7, 11) is 0. The molecule has 1 aliphatic rings. The number of hydrogen-bond acceptors (Lipinski definition) is 10. The molecule has 0 aromatic rings. The predicted molar refractivity (Wildman–Crippen MR) is 375 cm³/mol. The van der Waals surface area contributed by atoms with Gasteiger partial charge in [0.15, 0.2) is 6.29 Å². The van der Waals surface area contributed by atoms with Crippen LogP contribution < -0.4 is 5.32 Å². The number of nitrogens with one attached hydrogen (secondary N) is 1. The summed E-state index contributed by atoms with van der Waals surface area (Å²) >= 11 is 0. The van der Waals surface area contributed by atoms with Crippen LogP contribution in [-0.2, 0) is 23.8 Å². The van der Waals surface area contributed by atoms with E-state index in [2.05, 4.69) is 31.3 Å². The Labute approximate surface area is 550 Å². The van der Waals surface area contributed by atoms with Gasteiger partial charge in [-0.25, -0.2) is 0 Å². The van der Waals surface area contributed by atoms with Gasteiger partial charge in [-0.15, -0.1) is 0 Å². The molecule has 1 amide bonds. The summed E-state index contributed by atoms with van der Waals surface area (Å²) in [6.45, 7) is 4.38. The smallest absolute Gasteiger partial charge is 0.305 e. The lowest BCUT2D eigenvalue weighted by molar-refractivity contribution is -0.302. The van der Waals surface area contributed by atoms with E-state index in [0.29, 0.717) is 19.4 Å². The van der Waals surface area contributed by atoms with E-state index in [4.69, 9.17) is 14.2 Å². The van der Waals surface area contributed by atoms with Crippen LogP contribution in [0.1, 0.15) is 399 Å². The molecule has 0 saturated carbocycles. The summed E-state index contributed by atoms with van der Waals surface area (Å²) in [4.78, 5) is 25.1. The minimum absolute atomic E-state index is 0.0171. The first-order valence-electron chi connectivity index (χ1n) is 39.1. The third-order valence-electron chi connectivity index (χ3n) is 18.8. The van der Waals surface area contributed by atoms with Crippen LogP contribution >= 0.6 is 0 Å². The maximum atomic E-state index is 13.1. The van der Waals surface area contributed by atoms with Gasteiger partial charge in [-0.1, -0.05) is 353 Å². The van der Waals surface area contributed by atoms with E-state index < -0.39 is 49.5 Å². The molecule has 0 bridgehead atoms. The predicted octanol–water partition coefficient (Wildman–Crippen LogP) is 20.8. The molecular formula is C78H149NO10. The first kappa shape index (κ1) is 85.2. The monoisotopic (exact) mass is 1260 g/mol. The van der Waals surface area contributed by atoms with E-state index in [-0.39, 0.29) is 18.5 Å². The number of carbonyl (C=O) groups excluding carboxylic acids is 2. The lowest BCUT2D eigenvalue weighted by Crippen LogP contribution is -2.60. The normalized spacial score (nSPS) is 17.8. The van der Waals surface area contributed by atoms with Crippen molar-refractivity contribution in [1.82, 2.24) is 5.32 Å². The molecule has 6 N–H and O–H groups in total. The molecule has 1 fully saturated rings. The van der Waals surface area contributed by atoms with Gasteiger partial charge < -0.3 is 45.1 Å². The molecule has 1 aliphatic heterocycles. The highest BCUT2D eigenvalue weighted by Crippen LogP contribution is 2.24. The molecule has 0 aromatic heterocycles. The van der Waals surface area contributed by atoms with Gasteiger partial charge in [0.2, 0.25) is 5.91 Å². The molecule has 89 heavy (non-hydrogen) atoms. The molecule has 0 aliphatic carbocycles. The second kappa shape index (κ2) is 67.6. The van der Waals surface area contributed by atoms with E-state index >= 15 is 0 Å². The van der Waals surface area contributed by atoms with Crippen LogP contribution in [0.2, 0.25) is 0 Å². The van der Waals surface area contributed by atoms with Crippen molar-refractivity contribution in [1.29, 1.82) is 0 Å². The van der Waals surface area contributed by atoms with Gasteiger partial charge in [0, 0.05) is 12.8 Å². The topological polar surface area (TPSA) is 175 Å². The van der Waals surface area contributed by atoms with Crippen LogP contribution in [0.5, 0.6) is 0 Å². The Morgan fingerprint density at radius 2 is 0.719 bits per heavy atom. The summed E-state index contributed by atoms with van der Waals surface area (Å²) in [6, 6.07) is -0.805. The lowest BCUT2D eigenvalue weighted by Gasteiger charge is -2.40. The maximum absolute atomic E-state index is 13.1. The number of unbranched alkanes of at least 4 members (excludes halogenated alkanes) is 54. The zero-order chi connectivity index (χ0) is 64.4. The average molecular weight is 1260 g/mol. The minimum Gasteiger partial charge on any atom is -0.466 e. The molecular weight excluding hydrogens is 1110 g/mol. The fraction of sp³-hybridized carbons (Fsp3) is 0.923. The van der Waals surface area contributed by atoms with Crippen LogP contribution in [0.15, 0.2) is 24.3 Å². The highest BCUT2D eigenvalue weighted by molar-refractivity contribution is 5.76. The molecule has 0 radical (unpaired) electrons. The third-order valence-corrected chi connectivity index (χ3v) is 18.8. The molecule has 7 atom stereocenters. The molecule has 1 rings (SSSR count). The fourth-order valence-corrected chi connectivity index (χ4v) is 12.7. The van der Waals surface area contributed by atoms with Gasteiger partial charge in [-0.05, 0) is 57.8 Å². The zero-order valence-corrected chi connectivity index (χ0v) is 58.7. The van der Waals surface area contributed by atoms with Crippen molar-refractivity contribution in [3.05, 3.63) is 24.3 Å². The number of hydrogen-bond donors (Lipinski definition) is 6. The number of esters is 1. The van der Waals surface area contributed by atoms with Crippen LogP contribution in [0, 0.1) is 0 Å². The molecule has 1 saturated heterocycles. The molecule has 11 heteroatoms. The second-order valence-electron chi connectivity index (χ2n) is 27.4. The van der Waals surface area contributed by atoms with Crippen molar-refractivity contribution in [2.75, 3.05) is 19.8 Å². The summed E-state index contributed by atoms with van der Waals surface area (Å²) in [5, 5.41) is 54.5. The van der Waals surface area contributed by atoms with Crippen LogP contribution in [0.3, 0.4) is 0 Å². The summed E-state index contributed by atoms with van der Waals surface area (Å²) in [5.41, 5.74) is 0. The number of carbonyl (C=O) groups is 2. The quantitative estimate of drug-likeness (QED) is 0.0195. The molecule has 11 nitrogen and oxygen atoms in total. The van der Waals surface area contributed by atoms with E-state index in [0.717, 1.165) is 51.4 Å². The van der Waals surface area contributed by atoms with Crippen LogP contribution in [0.25, 0.3) is 0 Å². The Balaban J connectivity index is 1.88. The lowest BCUT2D eigenvalue weighted by atomic mass is 9.99. The van der Waals surface area contributed by atoms with Crippen LogP contribution in [0.4, 0.5) is 0 Å². The van der Waals surface area contributed by atoms with E-state index in [1.54, 1.807) is 6.08 Å². The van der Waals surface area contributed by atoms with Crippen molar-refractivity contribution in [3.8, 4) is 0 Å². The Hall–Kier alpha value is -1.86. The fourth-order valence-electron chi connectivity index (χ4n) is 12.7. The number of ether oxygens (including phenoxy) is 3. The average Bonchev–Trinajstić information content (AvgIpc) is 2.32. The van der Waals surface area contributed by atoms with Gasteiger partial charge in [-0.3, -0.25) is 9.59 Å². The highest BCUT2D eigenvalue weighted by Gasteiger charge is 2.44. The number of amides is 1. The van der Waals surface area contributed by atoms with E-state index in [1.165, 1.54) is 321 Å². The summed E-state index contributed by atoms with van der Waals surface area (Å²) < 4.78 is 16.7. The van der Waals surface area contributed by atoms with Gasteiger partial charge in [0.1, 0.15) is 24.4 Å². The Bertz CT molecular complexity index is 1530. The molecule has 0 spiro atoms. The number of aliphatic hydroxyl groups excluding tert-OH is 5. The Morgan fingerprint density at radius 3 is 1.08 bits per heavy atom. The third kappa shape index (κ3) is 56.2. The summed E-state index contributed by atoms with van der Waals surface area (Å²) in [6.07, 6.45) is 76.5. The zero-order valence-electron chi connectivity index (χ0n) is 58.7. The highest BCUT2D eigenvalue weighted by atomic mass is 16.7. The largest absolute Gasteiger partial charge is 0.466 e. The minimum atomic E-state index is -1.57. The van der Waals surface area contributed by atoms with Crippen molar-refractivity contribution in [2.45, 2.75) is 442 Å². The molecule has 1 heterocycles. The molecule has 526 valence electrons. The number of aliphatic hydroxyl groups is 5. The van der Waals surface area contributed by atoms with Crippen molar-refractivity contribution in [3.63, 3.8) is 0 Å². The molecule has 0 aromatic carbocycles. The van der Waals surface area contributed by atoms with Crippen molar-refractivity contribution >= 4 is 11.9 Å². The SMILES string of the molecule is CCCCCCCCCCC/C=C/C(O)C(COC1OC(CO)C(O)C(O)C1O)NC(=O)CCCCCCCCCCCCCCCCCCC/C=C\CCCCCCCCCCCCCCCCCCCCOC(=O)CCCCCCCCCCCCC. The van der Waals surface area contributed by atoms with Gasteiger partial charge in [0.05, 0.1) is 32.0 Å². The van der Waals surface area contributed by atoms with E-state index in [1.807, 2.05) is 6.08 Å². The Kier molecular flexibility index (Phi) is 64.6. The Morgan fingerprint density at radius 1 is 0.404 bits per heavy atom. The first-order valence-corrected chi connectivity index (χ1v) is 39.1. The standard InChI is InChI=1S/C78H149NO10/c1-3-5-7-9-11-13-44-48-52-56-60-64-71(81)70(69-88-78-77(86)76(85)75(84)72(68-80)89-78)79-73(82)65-61-57-53-49-46-42-40-38-36-34-32-30-28-26-24-22-20-18-16-15-17-19-21-23-25-27-29-31-33-35-37-39-41-43-47-51-55-59-63-67-87-74(83)66-62-58-54-50-45-14-12-10-8-6-4-2/h15-16,60,64,70-72,75-78,80-81,84-86H,3-14,17-59,61-63,65-69H2,1-2H3,(H,79,82)/b16-15-,64-60+. The second-order valence-corrected chi connectivity index (χ2v) is 27.4. The van der Waals surface area contributed by atoms with Gasteiger partial charge in [0.25, 0.3) is 0 Å². The van der Waals surface area contributed by atoms with Crippen molar-refractivity contribution < 1.29 is 49.3 Å². The van der Waals surface area contributed by atoms with Gasteiger partial charge >= 0.3 is 5.97 Å². The summed E-state index contributed by atoms with van der Waals surface area (Å²) in [5.74, 6) is -0.159. The maximum Gasteiger partial charge on any atom is 0.305 e. The number of rotatable bonds is 70. The molecule has 7 unspecified atom stereocenters. The number of allylic oxidation sites excluding steroid dienone is 3.